The molecule has 5 N–H and O–H groups in total. The van der Waals surface area contributed by atoms with Crippen LogP contribution in [-0.2, 0) is 19.6 Å². The molecule has 17 heavy (non-hydrogen) atoms. The third-order valence-corrected chi connectivity index (χ3v) is 2.68. The maximum Gasteiger partial charge on any atom is 0.333 e. The summed E-state index contributed by atoms with van der Waals surface area (Å²) in [5, 5.41) is 0. The van der Waals surface area contributed by atoms with Gasteiger partial charge in [-0.25, -0.2) is 4.79 Å². The predicted molar refractivity (Wildman–Crippen MR) is 63.0 cm³/mol. The van der Waals surface area contributed by atoms with Crippen molar-refractivity contribution in [3.63, 3.8) is 0 Å². The van der Waals surface area contributed by atoms with Crippen LogP contribution in [0.2, 0.25) is 0 Å². The first-order valence-electron chi connectivity index (χ1n) is 4.74. The largest absolute Gasteiger partial charge is 0.456 e. The lowest BCUT2D eigenvalue weighted by Gasteiger charge is -2.21. The van der Waals surface area contributed by atoms with Crippen molar-refractivity contribution in [1.82, 2.24) is 0 Å². The van der Waals surface area contributed by atoms with E-state index >= 15 is 0 Å². The first-order valence-corrected chi connectivity index (χ1v) is 6.35. The minimum Gasteiger partial charge on any atom is -0.456 e. The average Bonchev–Trinajstić information content (AvgIpc) is 2.13. The van der Waals surface area contributed by atoms with E-state index in [1.54, 1.807) is 6.92 Å². The van der Waals surface area contributed by atoms with Crippen LogP contribution >= 0.6 is 0 Å². The van der Waals surface area contributed by atoms with Crippen molar-refractivity contribution >= 4 is 16.1 Å². The van der Waals surface area contributed by atoms with Crippen LogP contribution in [0.4, 0.5) is 0 Å². The minimum absolute atomic E-state index is 0. The fourth-order valence-electron chi connectivity index (χ4n) is 0.954. The van der Waals surface area contributed by atoms with Crippen LogP contribution in [0, 0.1) is 0 Å². The molecular formula is C9H19NO6S. The standard InChI is InChI=1S/C9H17NO5S.H2O/c1-4-7(10)8(5-16(12,13)14)15-9(11)6(2)3;/h7-8H,2,4-5,10H2,1,3H3,(H,12,13,14);1H2. The number of ether oxygens (including phenoxy) is 1. The molecule has 0 spiro atoms. The van der Waals surface area contributed by atoms with Gasteiger partial charge in [0.2, 0.25) is 0 Å². The van der Waals surface area contributed by atoms with Gasteiger partial charge < -0.3 is 15.9 Å². The van der Waals surface area contributed by atoms with Crippen LogP contribution < -0.4 is 5.73 Å². The third-order valence-electron chi connectivity index (χ3n) is 1.93. The molecule has 0 heterocycles. The SMILES string of the molecule is C=C(C)C(=O)OC(CS(=O)(=O)O)C(N)CC.O. The quantitative estimate of drug-likeness (QED) is 0.370. The van der Waals surface area contributed by atoms with Crippen molar-refractivity contribution in [1.29, 1.82) is 0 Å². The Bertz CT molecular complexity index is 364. The van der Waals surface area contributed by atoms with Gasteiger partial charge in [-0.1, -0.05) is 13.5 Å². The fourth-order valence-corrected chi connectivity index (χ4v) is 1.68. The van der Waals surface area contributed by atoms with Crippen molar-refractivity contribution in [2.45, 2.75) is 32.4 Å². The zero-order chi connectivity index (χ0) is 12.9. The van der Waals surface area contributed by atoms with Gasteiger partial charge in [-0.15, -0.1) is 0 Å². The summed E-state index contributed by atoms with van der Waals surface area (Å²) in [7, 11) is -4.24. The van der Waals surface area contributed by atoms with E-state index < -0.39 is 34.0 Å². The maximum atomic E-state index is 11.2. The molecule has 0 aliphatic carbocycles. The summed E-state index contributed by atoms with van der Waals surface area (Å²) in [6, 6.07) is -0.648. The molecule has 0 aromatic heterocycles. The Kier molecular flexibility index (Phi) is 7.99. The lowest BCUT2D eigenvalue weighted by Crippen LogP contribution is -2.42. The van der Waals surface area contributed by atoms with E-state index in [1.807, 2.05) is 0 Å². The normalized spacial score (nSPS) is 14.4. The molecule has 0 fully saturated rings. The number of rotatable bonds is 6. The van der Waals surface area contributed by atoms with Gasteiger partial charge in [0.1, 0.15) is 11.9 Å². The molecule has 0 saturated heterocycles. The second-order valence-corrected chi connectivity index (χ2v) is 5.04. The number of esters is 1. The van der Waals surface area contributed by atoms with Crippen LogP contribution in [-0.4, -0.2) is 42.3 Å². The summed E-state index contributed by atoms with van der Waals surface area (Å²) in [5.41, 5.74) is 5.73. The van der Waals surface area contributed by atoms with Gasteiger partial charge in [-0.05, 0) is 13.3 Å². The molecule has 8 heteroatoms. The van der Waals surface area contributed by atoms with Crippen molar-refractivity contribution in [3.8, 4) is 0 Å². The van der Waals surface area contributed by atoms with Gasteiger partial charge >= 0.3 is 5.97 Å². The van der Waals surface area contributed by atoms with E-state index in [1.165, 1.54) is 6.92 Å². The van der Waals surface area contributed by atoms with Crippen LogP contribution in [0.5, 0.6) is 0 Å². The third kappa shape index (κ3) is 7.86. The molecule has 0 aliphatic heterocycles. The highest BCUT2D eigenvalue weighted by atomic mass is 32.2. The summed E-state index contributed by atoms with van der Waals surface area (Å²) in [5.74, 6) is -1.43. The lowest BCUT2D eigenvalue weighted by molar-refractivity contribution is -0.144. The van der Waals surface area contributed by atoms with E-state index in [0.29, 0.717) is 6.42 Å². The van der Waals surface area contributed by atoms with E-state index in [0.717, 1.165) is 0 Å². The smallest absolute Gasteiger partial charge is 0.333 e. The molecule has 0 bridgehead atoms. The van der Waals surface area contributed by atoms with Crippen molar-refractivity contribution < 1.29 is 28.0 Å². The number of nitrogens with two attached hydrogens (primary N) is 1. The topological polar surface area (TPSA) is 138 Å². The highest BCUT2D eigenvalue weighted by Crippen LogP contribution is 2.07. The number of carbonyl (C=O) groups is 1. The van der Waals surface area contributed by atoms with Gasteiger partial charge in [0.25, 0.3) is 10.1 Å². The van der Waals surface area contributed by atoms with Gasteiger partial charge in [0.15, 0.2) is 0 Å². The Balaban J connectivity index is 0. The molecule has 0 aliphatic rings. The Morgan fingerprint density at radius 3 is 2.29 bits per heavy atom. The molecule has 2 unspecified atom stereocenters. The van der Waals surface area contributed by atoms with Crippen LogP contribution in [0.25, 0.3) is 0 Å². The van der Waals surface area contributed by atoms with E-state index in [4.69, 9.17) is 15.0 Å². The molecule has 102 valence electrons. The van der Waals surface area contributed by atoms with Crippen LogP contribution in [0.1, 0.15) is 20.3 Å². The monoisotopic (exact) mass is 269 g/mol. The fraction of sp³-hybridized carbons (Fsp3) is 0.667. The first kappa shape index (κ1) is 18.4. The van der Waals surface area contributed by atoms with Gasteiger partial charge in [0, 0.05) is 11.6 Å². The molecule has 0 amide bonds. The summed E-state index contributed by atoms with van der Waals surface area (Å²) in [6.45, 7) is 6.52. The van der Waals surface area contributed by atoms with Crippen molar-refractivity contribution in [2.24, 2.45) is 5.73 Å². The molecule has 7 nitrogen and oxygen atoms in total. The van der Waals surface area contributed by atoms with Crippen molar-refractivity contribution in [3.05, 3.63) is 12.2 Å². The summed E-state index contributed by atoms with van der Waals surface area (Å²) in [6.07, 6.45) is -0.645. The van der Waals surface area contributed by atoms with Crippen LogP contribution in [0.3, 0.4) is 0 Å². The Labute approximate surface area is 101 Å². The second-order valence-electron chi connectivity index (χ2n) is 3.54. The molecular weight excluding hydrogens is 250 g/mol. The summed E-state index contributed by atoms with van der Waals surface area (Å²) < 4.78 is 34.9. The summed E-state index contributed by atoms with van der Waals surface area (Å²) >= 11 is 0. The minimum atomic E-state index is -4.24. The molecule has 0 aromatic rings. The molecule has 0 saturated carbocycles. The average molecular weight is 269 g/mol. The van der Waals surface area contributed by atoms with E-state index in [-0.39, 0.29) is 11.0 Å². The van der Waals surface area contributed by atoms with E-state index in [9.17, 15) is 13.2 Å². The Morgan fingerprint density at radius 2 is 2.00 bits per heavy atom. The first-order chi connectivity index (χ1) is 7.17. The molecule has 0 radical (unpaired) electrons. The van der Waals surface area contributed by atoms with Crippen molar-refractivity contribution in [2.75, 3.05) is 5.75 Å². The summed E-state index contributed by atoms with van der Waals surface area (Å²) in [4.78, 5) is 11.2. The Morgan fingerprint density at radius 1 is 1.53 bits per heavy atom. The van der Waals surface area contributed by atoms with Gasteiger partial charge in [-0.2, -0.15) is 8.42 Å². The maximum absolute atomic E-state index is 11.2. The van der Waals surface area contributed by atoms with Gasteiger partial charge in [0.05, 0.1) is 0 Å². The zero-order valence-electron chi connectivity index (χ0n) is 9.84. The molecule has 0 aromatic carbocycles. The molecule has 0 rings (SSSR count). The predicted octanol–water partition coefficient (Wildman–Crippen LogP) is -0.725. The van der Waals surface area contributed by atoms with Gasteiger partial charge in [-0.3, -0.25) is 4.55 Å². The highest BCUT2D eigenvalue weighted by Gasteiger charge is 2.26. The van der Waals surface area contributed by atoms with E-state index in [2.05, 4.69) is 6.58 Å². The second kappa shape index (κ2) is 7.38. The number of carbonyl (C=O) groups excluding carboxylic acids is 1. The Hall–Kier alpha value is -0.960. The van der Waals surface area contributed by atoms with Crippen LogP contribution in [0.15, 0.2) is 12.2 Å². The number of hydrogen-bond acceptors (Lipinski definition) is 5. The highest BCUT2D eigenvalue weighted by molar-refractivity contribution is 7.85. The lowest BCUT2D eigenvalue weighted by atomic mass is 10.1. The zero-order valence-corrected chi connectivity index (χ0v) is 10.7. The number of hydrogen-bond donors (Lipinski definition) is 2. The molecule has 2 atom stereocenters.